The lowest BCUT2D eigenvalue weighted by Gasteiger charge is -2.38. The van der Waals surface area contributed by atoms with Gasteiger partial charge >= 0.3 is 0 Å². The van der Waals surface area contributed by atoms with Crippen LogP contribution in [0.1, 0.15) is 66.8 Å². The number of rotatable bonds is 7. The molecule has 4 heterocycles. The number of nitrogens with zero attached hydrogens (tertiary/aromatic N) is 4. The first-order valence-corrected chi connectivity index (χ1v) is 15.5. The first kappa shape index (κ1) is 30.9. The number of carbonyl (C=O) groups excluding carboxylic acids is 2. The summed E-state index contributed by atoms with van der Waals surface area (Å²) >= 11 is 12.4. The molecule has 1 aromatic carbocycles. The number of nitrogens with one attached hydrogen (secondary N) is 2. The van der Waals surface area contributed by atoms with E-state index in [4.69, 9.17) is 42.6 Å². The number of methoxy groups -OCH3 is 1. The second-order valence-corrected chi connectivity index (χ2v) is 12.2. The molecule has 3 aliphatic heterocycles. The number of ether oxygens (including phenoxy) is 2. The van der Waals surface area contributed by atoms with E-state index in [9.17, 15) is 9.59 Å². The third kappa shape index (κ3) is 7.17. The van der Waals surface area contributed by atoms with Crippen molar-refractivity contribution in [1.29, 1.82) is 0 Å². The topological polar surface area (TPSA) is 109 Å². The van der Waals surface area contributed by atoms with Gasteiger partial charge in [0.2, 0.25) is 5.91 Å². The minimum Gasteiger partial charge on any atom is -0.379 e. The van der Waals surface area contributed by atoms with E-state index < -0.39 is 0 Å². The molecule has 2 amide bonds. The van der Waals surface area contributed by atoms with Crippen molar-refractivity contribution in [3.63, 3.8) is 0 Å². The number of amides is 2. The van der Waals surface area contributed by atoms with Crippen molar-refractivity contribution in [2.24, 2.45) is 0 Å². The van der Waals surface area contributed by atoms with Gasteiger partial charge in [-0.25, -0.2) is 9.97 Å². The summed E-state index contributed by atoms with van der Waals surface area (Å²) in [5.74, 6) is 1.22. The fraction of sp³-hybridized carbons (Fsp3) is 0.600. The molecule has 0 radical (unpaired) electrons. The van der Waals surface area contributed by atoms with Gasteiger partial charge in [-0.15, -0.1) is 0 Å². The second kappa shape index (κ2) is 13.9. The number of aromatic nitrogens is 2. The minimum atomic E-state index is -0.0891. The Morgan fingerprint density at radius 3 is 2.38 bits per heavy atom. The first-order valence-electron chi connectivity index (χ1n) is 14.8. The predicted molar refractivity (Wildman–Crippen MR) is 163 cm³/mol. The molecule has 228 valence electrons. The molecule has 3 aliphatic rings. The summed E-state index contributed by atoms with van der Waals surface area (Å²) in [7, 11) is 1.73. The number of benzene rings is 1. The zero-order chi connectivity index (χ0) is 29.8. The zero-order valence-electron chi connectivity index (χ0n) is 24.5. The lowest BCUT2D eigenvalue weighted by atomic mass is 9.95. The molecule has 10 nitrogen and oxygen atoms in total. The Labute approximate surface area is 257 Å². The van der Waals surface area contributed by atoms with Crippen LogP contribution >= 0.6 is 23.2 Å². The molecule has 0 aliphatic carbocycles. The average Bonchev–Trinajstić information content (AvgIpc) is 3.00. The SMILES string of the molecule is CO[C@@H]1COCC[C@@H]1NC1CCN(C(=O)c2nc(C3CCN(C(C)=O)CC3)nc(Nc3ccc(Cl)c(Cl)c3)c2C)CC1. The van der Waals surface area contributed by atoms with Gasteiger partial charge in [-0.05, 0) is 57.2 Å². The molecule has 0 unspecified atom stereocenters. The molecule has 3 fully saturated rings. The van der Waals surface area contributed by atoms with E-state index >= 15 is 0 Å². The zero-order valence-corrected chi connectivity index (χ0v) is 26.0. The van der Waals surface area contributed by atoms with E-state index in [1.165, 1.54) is 0 Å². The third-order valence-corrected chi connectivity index (χ3v) is 9.43. The van der Waals surface area contributed by atoms with Gasteiger partial charge in [-0.2, -0.15) is 0 Å². The summed E-state index contributed by atoms with van der Waals surface area (Å²) in [6, 6.07) is 5.86. The maximum Gasteiger partial charge on any atom is 0.272 e. The summed E-state index contributed by atoms with van der Waals surface area (Å²) < 4.78 is 11.2. The van der Waals surface area contributed by atoms with Crippen LogP contribution in [-0.4, -0.2) is 96.3 Å². The molecule has 2 aromatic rings. The predicted octanol–water partition coefficient (Wildman–Crippen LogP) is 4.56. The number of hydrogen-bond acceptors (Lipinski definition) is 8. The van der Waals surface area contributed by atoms with E-state index in [0.717, 1.165) is 44.4 Å². The second-order valence-electron chi connectivity index (χ2n) is 11.4. The molecule has 0 saturated carbocycles. The first-order chi connectivity index (χ1) is 20.2. The van der Waals surface area contributed by atoms with Crippen LogP contribution in [0.4, 0.5) is 11.5 Å². The molecular formula is C30H40Cl2N6O4. The molecule has 3 saturated heterocycles. The van der Waals surface area contributed by atoms with Gasteiger partial charge in [0.1, 0.15) is 17.3 Å². The van der Waals surface area contributed by atoms with Crippen molar-refractivity contribution >= 4 is 46.5 Å². The van der Waals surface area contributed by atoms with Crippen LogP contribution in [0.5, 0.6) is 0 Å². The van der Waals surface area contributed by atoms with Gasteiger partial charge < -0.3 is 29.9 Å². The highest BCUT2D eigenvalue weighted by Gasteiger charge is 2.32. The van der Waals surface area contributed by atoms with Crippen molar-refractivity contribution in [2.75, 3.05) is 51.8 Å². The normalized spacial score (nSPS) is 22.3. The van der Waals surface area contributed by atoms with Gasteiger partial charge in [0.15, 0.2) is 0 Å². The maximum absolute atomic E-state index is 14.0. The number of hydrogen-bond donors (Lipinski definition) is 2. The summed E-state index contributed by atoms with van der Waals surface area (Å²) in [6.45, 7) is 7.38. The quantitative estimate of drug-likeness (QED) is 0.465. The molecule has 1 aromatic heterocycles. The minimum absolute atomic E-state index is 0.0456. The highest BCUT2D eigenvalue weighted by Crippen LogP contribution is 2.32. The highest BCUT2D eigenvalue weighted by molar-refractivity contribution is 6.42. The van der Waals surface area contributed by atoms with Gasteiger partial charge in [0, 0.05) is 76.1 Å². The van der Waals surface area contributed by atoms with Gasteiger partial charge in [0.25, 0.3) is 5.91 Å². The Kier molecular flexibility index (Phi) is 10.2. The van der Waals surface area contributed by atoms with Gasteiger partial charge in [0.05, 0.1) is 22.8 Å². The Bertz CT molecular complexity index is 1280. The fourth-order valence-electron chi connectivity index (χ4n) is 6.05. The van der Waals surface area contributed by atoms with E-state index in [2.05, 4.69) is 10.6 Å². The van der Waals surface area contributed by atoms with Crippen LogP contribution in [0.3, 0.4) is 0 Å². The van der Waals surface area contributed by atoms with E-state index in [-0.39, 0.29) is 29.9 Å². The Hall–Kier alpha value is -2.50. The van der Waals surface area contributed by atoms with Crippen LogP contribution in [0.25, 0.3) is 0 Å². The van der Waals surface area contributed by atoms with Crippen LogP contribution in [0.2, 0.25) is 10.0 Å². The molecule has 42 heavy (non-hydrogen) atoms. The van der Waals surface area contributed by atoms with Crippen molar-refractivity contribution in [3.05, 3.63) is 45.3 Å². The molecule has 2 N–H and O–H groups in total. The smallest absolute Gasteiger partial charge is 0.272 e. The lowest BCUT2D eigenvalue weighted by molar-refractivity contribution is -0.129. The van der Waals surface area contributed by atoms with E-state index in [1.807, 2.05) is 22.8 Å². The molecule has 5 rings (SSSR count). The number of carbonyl (C=O) groups is 2. The Morgan fingerprint density at radius 1 is 1.00 bits per heavy atom. The largest absolute Gasteiger partial charge is 0.379 e. The van der Waals surface area contributed by atoms with Crippen LogP contribution < -0.4 is 10.6 Å². The van der Waals surface area contributed by atoms with Crippen molar-refractivity contribution in [1.82, 2.24) is 25.1 Å². The third-order valence-electron chi connectivity index (χ3n) is 8.69. The summed E-state index contributed by atoms with van der Waals surface area (Å²) in [4.78, 5) is 39.3. The Balaban J connectivity index is 1.34. The van der Waals surface area contributed by atoms with Gasteiger partial charge in [-0.1, -0.05) is 23.2 Å². The van der Waals surface area contributed by atoms with Crippen LogP contribution in [-0.2, 0) is 14.3 Å². The molecule has 0 spiro atoms. The monoisotopic (exact) mass is 618 g/mol. The standard InChI is InChI=1S/C30H40Cl2N6O4/c1-18-27(30(40)38-13-8-21(9-14-38)33-25-10-15-42-17-26(25)41-3)35-29(20-6-11-37(12-7-20)19(2)39)36-28(18)34-22-4-5-23(31)24(32)16-22/h4-5,16,20-21,25-26,33H,6-15,17H2,1-3H3,(H,34,35,36)/t25-,26+/m0/s1. The summed E-state index contributed by atoms with van der Waals surface area (Å²) in [5, 5.41) is 7.98. The average molecular weight is 620 g/mol. The molecule has 12 heteroatoms. The molecule has 2 atom stereocenters. The van der Waals surface area contributed by atoms with E-state index in [0.29, 0.717) is 71.8 Å². The van der Waals surface area contributed by atoms with Crippen molar-refractivity contribution < 1.29 is 19.1 Å². The number of anilines is 2. The molecular weight excluding hydrogens is 579 g/mol. The highest BCUT2D eigenvalue weighted by atomic mass is 35.5. The number of piperidine rings is 2. The summed E-state index contributed by atoms with van der Waals surface area (Å²) in [5.41, 5.74) is 1.81. The fourth-order valence-corrected chi connectivity index (χ4v) is 6.34. The van der Waals surface area contributed by atoms with Crippen LogP contribution in [0.15, 0.2) is 18.2 Å². The Morgan fingerprint density at radius 2 is 1.71 bits per heavy atom. The molecule has 0 bridgehead atoms. The van der Waals surface area contributed by atoms with Crippen molar-refractivity contribution in [2.45, 2.75) is 70.1 Å². The van der Waals surface area contributed by atoms with Gasteiger partial charge in [-0.3, -0.25) is 9.59 Å². The maximum atomic E-state index is 14.0. The van der Waals surface area contributed by atoms with Crippen LogP contribution in [0, 0.1) is 6.92 Å². The van der Waals surface area contributed by atoms with E-state index in [1.54, 1.807) is 26.2 Å². The lowest BCUT2D eigenvalue weighted by Crippen LogP contribution is -2.54. The number of halogens is 2. The number of likely N-dealkylation sites (tertiary alicyclic amines) is 2. The summed E-state index contributed by atoms with van der Waals surface area (Å²) in [6.07, 6.45) is 4.16. The van der Waals surface area contributed by atoms with Crippen molar-refractivity contribution in [3.8, 4) is 0 Å².